The van der Waals surface area contributed by atoms with E-state index < -0.39 is 0 Å². The molecule has 0 saturated heterocycles. The molecular weight excluding hydrogens is 380 g/mol. The van der Waals surface area contributed by atoms with E-state index in [0.717, 1.165) is 21.0 Å². The van der Waals surface area contributed by atoms with Gasteiger partial charge in [0.1, 0.15) is 17.3 Å². The summed E-state index contributed by atoms with van der Waals surface area (Å²) in [6.45, 7) is 0. The molecule has 0 fully saturated rings. The number of pyridine rings is 1. The highest BCUT2D eigenvalue weighted by molar-refractivity contribution is 9.10. The van der Waals surface area contributed by atoms with Crippen molar-refractivity contribution < 1.29 is 4.79 Å². The van der Waals surface area contributed by atoms with Gasteiger partial charge in [0.2, 0.25) is 5.78 Å². The fourth-order valence-electron chi connectivity index (χ4n) is 2.78. The maximum atomic E-state index is 12.8. The SMILES string of the molecule is N#C/C(=C/c1cnc2ccc(Br)cn12)C(=O)c1c[nH]c2ccccc12. The van der Waals surface area contributed by atoms with E-state index in [0.29, 0.717) is 11.3 Å². The Hall–Kier alpha value is -3.17. The highest BCUT2D eigenvalue weighted by Gasteiger charge is 2.17. The van der Waals surface area contributed by atoms with E-state index in [9.17, 15) is 10.1 Å². The Morgan fingerprint density at radius 2 is 2.12 bits per heavy atom. The zero-order valence-electron chi connectivity index (χ0n) is 12.9. The number of ketones is 1. The second kappa shape index (κ2) is 6.04. The number of aromatic nitrogens is 3. The van der Waals surface area contributed by atoms with Gasteiger partial charge in [-0.05, 0) is 40.2 Å². The minimum atomic E-state index is -0.315. The Morgan fingerprint density at radius 3 is 2.96 bits per heavy atom. The van der Waals surface area contributed by atoms with E-state index in [1.165, 1.54) is 0 Å². The van der Waals surface area contributed by atoms with Crippen molar-refractivity contribution in [3.63, 3.8) is 0 Å². The highest BCUT2D eigenvalue weighted by atomic mass is 79.9. The Balaban J connectivity index is 1.81. The molecule has 5 nitrogen and oxygen atoms in total. The lowest BCUT2D eigenvalue weighted by molar-refractivity contribution is 0.104. The van der Waals surface area contributed by atoms with Crippen LogP contribution < -0.4 is 0 Å². The van der Waals surface area contributed by atoms with Crippen molar-refractivity contribution in [3.05, 3.63) is 76.3 Å². The van der Waals surface area contributed by atoms with Gasteiger partial charge in [0.25, 0.3) is 0 Å². The number of aromatic amines is 1. The van der Waals surface area contributed by atoms with Gasteiger partial charge in [-0.25, -0.2) is 4.98 Å². The number of nitrogens with one attached hydrogen (secondary N) is 1. The second-order valence-corrected chi connectivity index (χ2v) is 6.42. The van der Waals surface area contributed by atoms with E-state index in [1.807, 2.05) is 53.1 Å². The summed E-state index contributed by atoms with van der Waals surface area (Å²) in [6.07, 6.45) is 6.70. The van der Waals surface area contributed by atoms with Gasteiger partial charge in [-0.2, -0.15) is 5.26 Å². The number of rotatable bonds is 3. The number of carbonyl (C=O) groups is 1. The predicted octanol–water partition coefficient (Wildman–Crippen LogP) is 4.37. The van der Waals surface area contributed by atoms with Gasteiger partial charge >= 0.3 is 0 Å². The molecule has 3 aromatic heterocycles. The zero-order chi connectivity index (χ0) is 17.4. The summed E-state index contributed by atoms with van der Waals surface area (Å²) in [4.78, 5) is 20.2. The summed E-state index contributed by atoms with van der Waals surface area (Å²) in [5, 5.41) is 10.3. The quantitative estimate of drug-likeness (QED) is 0.320. The first-order chi connectivity index (χ1) is 12.2. The van der Waals surface area contributed by atoms with Crippen LogP contribution in [0.5, 0.6) is 0 Å². The normalized spacial score (nSPS) is 11.8. The molecule has 4 rings (SSSR count). The monoisotopic (exact) mass is 390 g/mol. The topological polar surface area (TPSA) is 74.0 Å². The van der Waals surface area contributed by atoms with Crippen LogP contribution in [0.1, 0.15) is 16.1 Å². The fourth-order valence-corrected chi connectivity index (χ4v) is 3.12. The number of carbonyl (C=O) groups excluding carboxylic acids is 1. The molecule has 0 amide bonds. The van der Waals surface area contributed by atoms with Gasteiger partial charge in [-0.3, -0.25) is 9.20 Å². The molecule has 0 aliphatic rings. The third-order valence-corrected chi connectivity index (χ3v) is 4.46. The molecule has 0 aliphatic carbocycles. The van der Waals surface area contributed by atoms with Crippen LogP contribution in [0.25, 0.3) is 22.6 Å². The maximum absolute atomic E-state index is 12.8. The molecule has 0 bridgehead atoms. The lowest BCUT2D eigenvalue weighted by Crippen LogP contribution is -2.01. The number of nitrogens with zero attached hydrogens (tertiary/aromatic N) is 3. The molecule has 0 saturated carbocycles. The highest BCUT2D eigenvalue weighted by Crippen LogP contribution is 2.22. The Kier molecular flexibility index (Phi) is 3.71. The number of nitriles is 1. The molecule has 120 valence electrons. The van der Waals surface area contributed by atoms with Crippen molar-refractivity contribution in [1.82, 2.24) is 14.4 Å². The largest absolute Gasteiger partial charge is 0.360 e. The Morgan fingerprint density at radius 1 is 1.28 bits per heavy atom. The summed E-state index contributed by atoms with van der Waals surface area (Å²) in [5.74, 6) is -0.315. The molecule has 1 aromatic carbocycles. The number of Topliss-reactive ketones (excluding diaryl/α,β-unsaturated/α-hetero) is 1. The van der Waals surface area contributed by atoms with E-state index in [2.05, 4.69) is 25.9 Å². The van der Waals surface area contributed by atoms with Gasteiger partial charge in [0.05, 0.1) is 11.9 Å². The fraction of sp³-hybridized carbons (Fsp3) is 0. The van der Waals surface area contributed by atoms with Crippen LogP contribution in [0.15, 0.2) is 65.0 Å². The number of para-hydroxylation sites is 1. The first-order valence-electron chi connectivity index (χ1n) is 7.52. The van der Waals surface area contributed by atoms with Crippen LogP contribution in [0.4, 0.5) is 0 Å². The number of benzene rings is 1. The molecular formula is C19H11BrN4O. The van der Waals surface area contributed by atoms with Gasteiger partial charge in [0.15, 0.2) is 0 Å². The lowest BCUT2D eigenvalue weighted by Gasteiger charge is -2.00. The third-order valence-electron chi connectivity index (χ3n) is 3.99. The number of hydrogen-bond acceptors (Lipinski definition) is 3. The summed E-state index contributed by atoms with van der Waals surface area (Å²) >= 11 is 3.42. The number of imidazole rings is 1. The standard InChI is InChI=1S/C19H11BrN4O/c20-13-5-6-18-23-9-14(24(18)11-13)7-12(8-21)19(25)16-10-22-17-4-2-1-3-15(16)17/h1-7,9-11,22H/b12-7-. The second-order valence-electron chi connectivity index (χ2n) is 5.51. The maximum Gasteiger partial charge on any atom is 0.205 e. The lowest BCUT2D eigenvalue weighted by atomic mass is 10.0. The molecule has 0 spiro atoms. The predicted molar refractivity (Wildman–Crippen MR) is 99.1 cm³/mol. The van der Waals surface area contributed by atoms with Crippen molar-refractivity contribution in [2.24, 2.45) is 0 Å². The van der Waals surface area contributed by atoms with Gasteiger partial charge in [-0.1, -0.05) is 18.2 Å². The third kappa shape index (κ3) is 2.65. The molecule has 4 aromatic rings. The summed E-state index contributed by atoms with van der Waals surface area (Å²) < 4.78 is 2.71. The van der Waals surface area contributed by atoms with Crippen molar-refractivity contribution >= 4 is 44.3 Å². The molecule has 0 radical (unpaired) electrons. The zero-order valence-corrected chi connectivity index (χ0v) is 14.5. The van der Waals surface area contributed by atoms with E-state index >= 15 is 0 Å². The number of fused-ring (bicyclic) bond motifs is 2. The molecule has 1 N–H and O–H groups in total. The molecule has 0 unspecified atom stereocenters. The molecule has 0 atom stereocenters. The average Bonchev–Trinajstić information content (AvgIpc) is 3.23. The molecule has 6 heteroatoms. The van der Waals surface area contributed by atoms with Gasteiger partial charge in [-0.15, -0.1) is 0 Å². The number of allylic oxidation sites excluding steroid dienone is 1. The average molecular weight is 391 g/mol. The van der Waals surface area contributed by atoms with Gasteiger partial charge < -0.3 is 4.98 Å². The van der Waals surface area contributed by atoms with E-state index in [-0.39, 0.29) is 11.4 Å². The molecule has 3 heterocycles. The van der Waals surface area contributed by atoms with Crippen molar-refractivity contribution in [2.45, 2.75) is 0 Å². The van der Waals surface area contributed by atoms with Crippen LogP contribution in [-0.2, 0) is 0 Å². The van der Waals surface area contributed by atoms with Crippen molar-refractivity contribution in [3.8, 4) is 6.07 Å². The summed E-state index contributed by atoms with van der Waals surface area (Å²) in [6, 6.07) is 13.3. The Bertz CT molecular complexity index is 1190. The summed E-state index contributed by atoms with van der Waals surface area (Å²) in [5.41, 5.74) is 2.82. The first-order valence-corrected chi connectivity index (χ1v) is 8.32. The van der Waals surface area contributed by atoms with Crippen LogP contribution in [0.2, 0.25) is 0 Å². The Labute approximate surface area is 151 Å². The molecule has 25 heavy (non-hydrogen) atoms. The van der Waals surface area contributed by atoms with Crippen LogP contribution in [0.3, 0.4) is 0 Å². The number of halogens is 1. The molecule has 0 aliphatic heterocycles. The van der Waals surface area contributed by atoms with Crippen LogP contribution in [0, 0.1) is 11.3 Å². The number of H-pyrrole nitrogens is 1. The minimum Gasteiger partial charge on any atom is -0.360 e. The number of hydrogen-bond donors (Lipinski definition) is 1. The summed E-state index contributed by atoms with van der Waals surface area (Å²) in [7, 11) is 0. The van der Waals surface area contributed by atoms with Crippen LogP contribution >= 0.6 is 15.9 Å². The first kappa shape index (κ1) is 15.4. The van der Waals surface area contributed by atoms with Crippen LogP contribution in [-0.4, -0.2) is 20.2 Å². The minimum absolute atomic E-state index is 0.0616. The van der Waals surface area contributed by atoms with Crippen molar-refractivity contribution in [2.75, 3.05) is 0 Å². The van der Waals surface area contributed by atoms with E-state index in [1.54, 1.807) is 18.5 Å². The smallest absolute Gasteiger partial charge is 0.205 e. The van der Waals surface area contributed by atoms with E-state index in [4.69, 9.17) is 0 Å². The van der Waals surface area contributed by atoms with Gasteiger partial charge in [0, 0.05) is 33.3 Å². The van der Waals surface area contributed by atoms with Crippen molar-refractivity contribution in [1.29, 1.82) is 5.26 Å².